The maximum absolute atomic E-state index is 12.3. The lowest BCUT2D eigenvalue weighted by Gasteiger charge is -2.14. The molecule has 0 aliphatic rings. The van der Waals surface area contributed by atoms with E-state index in [2.05, 4.69) is 9.71 Å². The number of pyridine rings is 1. The fourth-order valence-corrected chi connectivity index (χ4v) is 3.22. The molecule has 0 bridgehead atoms. The van der Waals surface area contributed by atoms with E-state index in [9.17, 15) is 8.42 Å². The summed E-state index contributed by atoms with van der Waals surface area (Å²) in [6, 6.07) is 9.62. The summed E-state index contributed by atoms with van der Waals surface area (Å²) in [4.78, 5) is 4.28. The Hall–Kier alpha value is -1.43. The van der Waals surface area contributed by atoms with Crippen LogP contribution in [0.4, 0.5) is 0 Å². The molecule has 1 aromatic heterocycles. The van der Waals surface area contributed by atoms with E-state index in [0.717, 1.165) is 5.56 Å². The van der Waals surface area contributed by atoms with Crippen LogP contribution in [-0.2, 0) is 10.0 Å². The largest absolute Gasteiger partial charge is 0.260 e. The maximum Gasteiger partial charge on any atom is 0.241 e. The van der Waals surface area contributed by atoms with Gasteiger partial charge in [0.25, 0.3) is 0 Å². The van der Waals surface area contributed by atoms with Gasteiger partial charge in [0.05, 0.1) is 16.6 Å². The molecule has 1 N–H and O–H groups in total. The second kappa shape index (κ2) is 5.91. The summed E-state index contributed by atoms with van der Waals surface area (Å²) >= 11 is 5.97. The monoisotopic (exact) mass is 310 g/mol. The molecule has 1 unspecified atom stereocenters. The first kappa shape index (κ1) is 15.0. The molecule has 0 fully saturated rings. The van der Waals surface area contributed by atoms with E-state index < -0.39 is 16.1 Å². The molecule has 0 spiro atoms. The van der Waals surface area contributed by atoms with Gasteiger partial charge < -0.3 is 0 Å². The number of aryl methyl sites for hydroxylation is 1. The Morgan fingerprint density at radius 3 is 2.60 bits per heavy atom. The molecule has 2 aromatic rings. The molecular weight excluding hydrogens is 296 g/mol. The van der Waals surface area contributed by atoms with Crippen LogP contribution in [0.2, 0.25) is 5.02 Å². The van der Waals surface area contributed by atoms with Crippen LogP contribution in [0.3, 0.4) is 0 Å². The summed E-state index contributed by atoms with van der Waals surface area (Å²) in [5.41, 5.74) is 1.50. The average molecular weight is 311 g/mol. The minimum Gasteiger partial charge on any atom is -0.260 e. The van der Waals surface area contributed by atoms with Gasteiger partial charge in [-0.3, -0.25) is 4.98 Å². The zero-order valence-corrected chi connectivity index (χ0v) is 12.7. The third-order valence-corrected chi connectivity index (χ3v) is 4.86. The van der Waals surface area contributed by atoms with Crippen LogP contribution in [0.25, 0.3) is 0 Å². The number of nitrogens with zero attached hydrogens (tertiary/aromatic N) is 1. The van der Waals surface area contributed by atoms with Crippen LogP contribution in [0.15, 0.2) is 47.5 Å². The van der Waals surface area contributed by atoms with Crippen LogP contribution in [0.1, 0.15) is 24.2 Å². The van der Waals surface area contributed by atoms with Crippen LogP contribution >= 0.6 is 11.6 Å². The highest BCUT2D eigenvalue weighted by atomic mass is 35.5. The van der Waals surface area contributed by atoms with Crippen molar-refractivity contribution in [3.05, 3.63) is 58.9 Å². The molecule has 20 heavy (non-hydrogen) atoms. The van der Waals surface area contributed by atoms with Gasteiger partial charge in [-0.25, -0.2) is 13.1 Å². The number of hydrogen-bond donors (Lipinski definition) is 1. The summed E-state index contributed by atoms with van der Waals surface area (Å²) in [6.07, 6.45) is 1.63. The molecule has 2 rings (SSSR count). The number of aromatic nitrogens is 1. The van der Waals surface area contributed by atoms with Crippen molar-refractivity contribution in [3.8, 4) is 0 Å². The summed E-state index contributed by atoms with van der Waals surface area (Å²) < 4.78 is 27.2. The van der Waals surface area contributed by atoms with Gasteiger partial charge in [-0.15, -0.1) is 0 Å². The van der Waals surface area contributed by atoms with Gasteiger partial charge in [0.2, 0.25) is 10.0 Å². The van der Waals surface area contributed by atoms with E-state index in [1.807, 2.05) is 13.0 Å². The molecule has 0 aliphatic carbocycles. The zero-order valence-electron chi connectivity index (χ0n) is 11.2. The Kier molecular flexibility index (Phi) is 4.42. The van der Waals surface area contributed by atoms with E-state index in [4.69, 9.17) is 11.6 Å². The van der Waals surface area contributed by atoms with Crippen molar-refractivity contribution in [2.75, 3.05) is 0 Å². The first-order valence-electron chi connectivity index (χ1n) is 6.09. The molecular formula is C14H15ClN2O2S. The van der Waals surface area contributed by atoms with E-state index in [-0.39, 0.29) is 4.90 Å². The standard InChI is InChI=1S/C14H15ClN2O2S/c1-10-6-7-12(9-13(10)15)20(18,19)17-11(2)14-5-3-4-8-16-14/h3-9,11,17H,1-2H3. The lowest BCUT2D eigenvalue weighted by atomic mass is 10.2. The van der Waals surface area contributed by atoms with Crippen molar-refractivity contribution in [1.29, 1.82) is 0 Å². The Balaban J connectivity index is 2.25. The van der Waals surface area contributed by atoms with Crippen molar-refractivity contribution in [3.63, 3.8) is 0 Å². The molecule has 0 saturated heterocycles. The summed E-state index contributed by atoms with van der Waals surface area (Å²) in [5, 5.41) is 0.429. The highest BCUT2D eigenvalue weighted by Gasteiger charge is 2.19. The van der Waals surface area contributed by atoms with Gasteiger partial charge in [-0.2, -0.15) is 0 Å². The molecule has 4 nitrogen and oxygen atoms in total. The third kappa shape index (κ3) is 3.36. The van der Waals surface area contributed by atoms with Crippen LogP contribution in [-0.4, -0.2) is 13.4 Å². The summed E-state index contributed by atoms with van der Waals surface area (Å²) in [6.45, 7) is 3.57. The second-order valence-electron chi connectivity index (χ2n) is 4.51. The van der Waals surface area contributed by atoms with Crippen molar-refractivity contribution >= 4 is 21.6 Å². The third-order valence-electron chi connectivity index (χ3n) is 2.92. The van der Waals surface area contributed by atoms with Crippen LogP contribution < -0.4 is 4.72 Å². The number of hydrogen-bond acceptors (Lipinski definition) is 3. The fourth-order valence-electron chi connectivity index (χ4n) is 1.73. The Morgan fingerprint density at radius 1 is 1.25 bits per heavy atom. The number of benzene rings is 1. The predicted octanol–water partition coefficient (Wildman–Crippen LogP) is 3.08. The minimum atomic E-state index is -3.62. The molecule has 1 aromatic carbocycles. The van der Waals surface area contributed by atoms with Crippen LogP contribution in [0.5, 0.6) is 0 Å². The number of sulfonamides is 1. The van der Waals surface area contributed by atoms with E-state index in [0.29, 0.717) is 10.7 Å². The van der Waals surface area contributed by atoms with Crippen molar-refractivity contribution in [2.45, 2.75) is 24.8 Å². The Bertz CT molecular complexity index is 702. The first-order chi connectivity index (χ1) is 9.40. The van der Waals surface area contributed by atoms with Crippen molar-refractivity contribution in [1.82, 2.24) is 9.71 Å². The smallest absolute Gasteiger partial charge is 0.241 e. The molecule has 0 aliphatic heterocycles. The van der Waals surface area contributed by atoms with E-state index >= 15 is 0 Å². The SMILES string of the molecule is Cc1ccc(S(=O)(=O)NC(C)c2ccccn2)cc1Cl. The normalized spacial score (nSPS) is 13.2. The minimum absolute atomic E-state index is 0.149. The maximum atomic E-state index is 12.3. The van der Waals surface area contributed by atoms with Crippen molar-refractivity contribution in [2.24, 2.45) is 0 Å². The van der Waals surface area contributed by atoms with Crippen molar-refractivity contribution < 1.29 is 8.42 Å². The molecule has 0 saturated carbocycles. The number of halogens is 1. The molecule has 1 atom stereocenters. The average Bonchev–Trinajstić information content (AvgIpc) is 2.42. The Morgan fingerprint density at radius 2 is 2.00 bits per heavy atom. The second-order valence-corrected chi connectivity index (χ2v) is 6.63. The quantitative estimate of drug-likeness (QED) is 0.944. The molecule has 0 amide bonds. The van der Waals surface area contributed by atoms with Gasteiger partial charge in [-0.1, -0.05) is 23.7 Å². The van der Waals surface area contributed by atoms with Gasteiger partial charge in [0.15, 0.2) is 0 Å². The highest BCUT2D eigenvalue weighted by Crippen LogP contribution is 2.21. The van der Waals surface area contributed by atoms with E-state index in [1.165, 1.54) is 12.1 Å². The molecule has 6 heteroatoms. The Labute approximate surface area is 123 Å². The predicted molar refractivity (Wildman–Crippen MR) is 79.2 cm³/mol. The lowest BCUT2D eigenvalue weighted by molar-refractivity contribution is 0.564. The summed E-state index contributed by atoms with van der Waals surface area (Å²) in [5.74, 6) is 0. The summed E-state index contributed by atoms with van der Waals surface area (Å²) in [7, 11) is -3.62. The molecule has 0 radical (unpaired) electrons. The van der Waals surface area contributed by atoms with Crippen LogP contribution in [0, 0.1) is 6.92 Å². The topological polar surface area (TPSA) is 59.1 Å². The van der Waals surface area contributed by atoms with Gasteiger partial charge in [0, 0.05) is 11.2 Å². The van der Waals surface area contributed by atoms with Gasteiger partial charge in [-0.05, 0) is 43.7 Å². The van der Waals surface area contributed by atoms with E-state index in [1.54, 1.807) is 31.3 Å². The molecule has 1 heterocycles. The lowest BCUT2D eigenvalue weighted by Crippen LogP contribution is -2.27. The molecule has 106 valence electrons. The van der Waals surface area contributed by atoms with Gasteiger partial charge in [0.1, 0.15) is 0 Å². The van der Waals surface area contributed by atoms with Gasteiger partial charge >= 0.3 is 0 Å². The zero-order chi connectivity index (χ0) is 14.8. The number of nitrogens with one attached hydrogen (secondary N) is 1. The fraction of sp³-hybridized carbons (Fsp3) is 0.214. The number of rotatable bonds is 4. The highest BCUT2D eigenvalue weighted by molar-refractivity contribution is 7.89. The first-order valence-corrected chi connectivity index (χ1v) is 7.95.